The van der Waals surface area contributed by atoms with E-state index < -0.39 is 5.41 Å². The van der Waals surface area contributed by atoms with Crippen molar-refractivity contribution < 1.29 is 19.4 Å². The summed E-state index contributed by atoms with van der Waals surface area (Å²) in [5.74, 6) is 0.752. The van der Waals surface area contributed by atoms with E-state index in [9.17, 15) is 9.90 Å². The highest BCUT2D eigenvalue weighted by atomic mass is 35.5. The predicted molar refractivity (Wildman–Crippen MR) is 121 cm³/mol. The largest absolute Gasteiger partial charge is 0.508 e. The van der Waals surface area contributed by atoms with Crippen LogP contribution in [0, 0.1) is 0 Å². The van der Waals surface area contributed by atoms with E-state index in [0.29, 0.717) is 29.3 Å². The molecule has 1 fully saturated rings. The fraction of sp³-hybridized carbons (Fsp3) is 0.458. The molecule has 166 valence electrons. The van der Waals surface area contributed by atoms with E-state index in [2.05, 4.69) is 4.90 Å². The number of fused-ring (bicyclic) bond motifs is 1. The maximum absolute atomic E-state index is 13.7. The van der Waals surface area contributed by atoms with Gasteiger partial charge in [0.05, 0.1) is 25.7 Å². The number of hydrogen-bond donors (Lipinski definition) is 1. The van der Waals surface area contributed by atoms with Gasteiger partial charge in [-0.3, -0.25) is 9.69 Å². The molecule has 1 N–H and O–H groups in total. The van der Waals surface area contributed by atoms with E-state index in [4.69, 9.17) is 21.1 Å². The summed E-state index contributed by atoms with van der Waals surface area (Å²) in [5.41, 5.74) is 1.72. The van der Waals surface area contributed by atoms with E-state index >= 15 is 0 Å². The average Bonchev–Trinajstić information content (AvgIpc) is 2.97. The molecular weight excluding hydrogens is 416 g/mol. The Morgan fingerprint density at radius 2 is 1.94 bits per heavy atom. The zero-order chi connectivity index (χ0) is 22.0. The van der Waals surface area contributed by atoms with Crippen molar-refractivity contribution in [3.8, 4) is 11.5 Å². The Labute approximate surface area is 188 Å². The highest BCUT2D eigenvalue weighted by Gasteiger charge is 2.47. The molecule has 1 atom stereocenters. The van der Waals surface area contributed by atoms with E-state index in [1.165, 1.54) is 0 Å². The Bertz CT molecular complexity index is 961. The van der Waals surface area contributed by atoms with E-state index in [1.807, 2.05) is 36.1 Å². The summed E-state index contributed by atoms with van der Waals surface area (Å²) in [6.45, 7) is 6.95. The second-order valence-electron chi connectivity index (χ2n) is 8.43. The molecule has 4 rings (SSSR count). The number of benzene rings is 2. The van der Waals surface area contributed by atoms with Crippen LogP contribution in [0.2, 0.25) is 5.02 Å². The third-order valence-electron chi connectivity index (χ3n) is 6.36. The SMILES string of the molecule is COc1ccc(CC2(C)C(=O)N(CCCN3CCOCC3)c3ccc(Cl)cc32)c(O)c1. The van der Waals surface area contributed by atoms with Crippen molar-refractivity contribution in [1.29, 1.82) is 0 Å². The number of amides is 1. The smallest absolute Gasteiger partial charge is 0.237 e. The zero-order valence-corrected chi connectivity index (χ0v) is 18.8. The first-order valence-electron chi connectivity index (χ1n) is 10.7. The summed E-state index contributed by atoms with van der Waals surface area (Å²) >= 11 is 6.31. The number of methoxy groups -OCH3 is 1. The Kier molecular flexibility index (Phi) is 6.42. The molecule has 2 aromatic carbocycles. The summed E-state index contributed by atoms with van der Waals surface area (Å²) in [7, 11) is 1.56. The second kappa shape index (κ2) is 9.07. The van der Waals surface area contributed by atoms with Gasteiger partial charge < -0.3 is 19.5 Å². The van der Waals surface area contributed by atoms with Gasteiger partial charge in [-0.2, -0.15) is 0 Å². The van der Waals surface area contributed by atoms with Gasteiger partial charge in [-0.1, -0.05) is 17.7 Å². The van der Waals surface area contributed by atoms with Crippen molar-refractivity contribution in [2.75, 3.05) is 51.4 Å². The van der Waals surface area contributed by atoms with Gasteiger partial charge in [0.2, 0.25) is 5.91 Å². The number of phenols is 1. The second-order valence-corrected chi connectivity index (χ2v) is 8.87. The molecule has 1 amide bonds. The molecule has 0 spiro atoms. The van der Waals surface area contributed by atoms with Crippen LogP contribution in [0.1, 0.15) is 24.5 Å². The Morgan fingerprint density at radius 3 is 2.65 bits per heavy atom. The number of halogens is 1. The van der Waals surface area contributed by atoms with Crippen molar-refractivity contribution in [2.24, 2.45) is 0 Å². The zero-order valence-electron chi connectivity index (χ0n) is 18.1. The molecule has 31 heavy (non-hydrogen) atoms. The van der Waals surface area contributed by atoms with E-state index in [-0.39, 0.29) is 11.7 Å². The number of nitrogens with zero attached hydrogens (tertiary/aromatic N) is 2. The lowest BCUT2D eigenvalue weighted by molar-refractivity contribution is -0.122. The van der Waals surface area contributed by atoms with Crippen LogP contribution in [0.15, 0.2) is 36.4 Å². The summed E-state index contributed by atoms with van der Waals surface area (Å²) in [5, 5.41) is 11.1. The normalized spacial score (nSPS) is 21.4. The summed E-state index contributed by atoms with van der Waals surface area (Å²) in [4.78, 5) is 17.9. The Hall–Kier alpha value is -2.28. The van der Waals surface area contributed by atoms with Crippen LogP contribution in [-0.2, 0) is 21.4 Å². The minimum absolute atomic E-state index is 0.0435. The molecule has 0 saturated carbocycles. The number of carbonyl (C=O) groups excluding carboxylic acids is 1. The highest BCUT2D eigenvalue weighted by Crippen LogP contribution is 2.46. The Balaban J connectivity index is 1.56. The molecule has 2 aromatic rings. The lowest BCUT2D eigenvalue weighted by Gasteiger charge is -2.28. The van der Waals surface area contributed by atoms with Crippen molar-refractivity contribution >= 4 is 23.2 Å². The summed E-state index contributed by atoms with van der Waals surface area (Å²) in [6.07, 6.45) is 1.27. The molecule has 2 aliphatic heterocycles. The van der Waals surface area contributed by atoms with Crippen molar-refractivity contribution in [2.45, 2.75) is 25.2 Å². The van der Waals surface area contributed by atoms with Crippen LogP contribution in [0.5, 0.6) is 11.5 Å². The quantitative estimate of drug-likeness (QED) is 0.706. The van der Waals surface area contributed by atoms with Crippen LogP contribution >= 0.6 is 11.6 Å². The lowest BCUT2D eigenvalue weighted by atomic mass is 9.78. The average molecular weight is 445 g/mol. The number of aromatic hydroxyl groups is 1. The number of carbonyl (C=O) groups is 1. The minimum atomic E-state index is -0.800. The summed E-state index contributed by atoms with van der Waals surface area (Å²) in [6, 6.07) is 10.9. The van der Waals surface area contributed by atoms with Crippen molar-refractivity contribution in [3.63, 3.8) is 0 Å². The van der Waals surface area contributed by atoms with Gasteiger partial charge in [-0.15, -0.1) is 0 Å². The molecule has 6 nitrogen and oxygen atoms in total. The van der Waals surface area contributed by atoms with Gasteiger partial charge in [-0.05, 0) is 55.2 Å². The van der Waals surface area contributed by atoms with Crippen LogP contribution in [0.3, 0.4) is 0 Å². The molecule has 7 heteroatoms. The maximum Gasteiger partial charge on any atom is 0.237 e. The molecule has 2 aliphatic rings. The third-order valence-corrected chi connectivity index (χ3v) is 6.59. The molecular formula is C24H29ClN2O4. The molecule has 0 radical (unpaired) electrons. The molecule has 2 heterocycles. The van der Waals surface area contributed by atoms with Gasteiger partial charge >= 0.3 is 0 Å². The van der Waals surface area contributed by atoms with Crippen molar-refractivity contribution in [3.05, 3.63) is 52.5 Å². The Morgan fingerprint density at radius 1 is 1.16 bits per heavy atom. The van der Waals surface area contributed by atoms with Gasteiger partial charge in [0.15, 0.2) is 0 Å². The minimum Gasteiger partial charge on any atom is -0.508 e. The number of ether oxygens (including phenoxy) is 2. The topological polar surface area (TPSA) is 62.2 Å². The number of phenolic OH excluding ortho intramolecular Hbond substituents is 1. The molecule has 1 unspecified atom stereocenters. The van der Waals surface area contributed by atoms with Crippen LogP contribution < -0.4 is 9.64 Å². The fourth-order valence-corrected chi connectivity index (χ4v) is 4.75. The lowest BCUT2D eigenvalue weighted by Crippen LogP contribution is -2.42. The summed E-state index contributed by atoms with van der Waals surface area (Å²) < 4.78 is 10.6. The number of hydrogen-bond acceptors (Lipinski definition) is 5. The van der Waals surface area contributed by atoms with Gasteiger partial charge in [0, 0.05) is 43.0 Å². The molecule has 0 aliphatic carbocycles. The maximum atomic E-state index is 13.7. The number of anilines is 1. The monoisotopic (exact) mass is 444 g/mol. The van der Waals surface area contributed by atoms with Crippen LogP contribution in [0.25, 0.3) is 0 Å². The van der Waals surface area contributed by atoms with E-state index in [1.54, 1.807) is 19.2 Å². The predicted octanol–water partition coefficient (Wildman–Crippen LogP) is 3.62. The third kappa shape index (κ3) is 4.38. The molecule has 0 aromatic heterocycles. The van der Waals surface area contributed by atoms with Gasteiger partial charge in [-0.25, -0.2) is 0 Å². The molecule has 0 bridgehead atoms. The first kappa shape index (κ1) is 21.9. The standard InChI is InChI=1S/C24H29ClN2O4/c1-24(16-17-4-6-19(30-2)15-22(17)28)20-14-18(25)5-7-21(20)27(23(24)29)9-3-8-26-10-12-31-13-11-26/h4-7,14-15,28H,3,8-13,16H2,1-2H3. The highest BCUT2D eigenvalue weighted by molar-refractivity contribution is 6.31. The van der Waals surface area contributed by atoms with Crippen LogP contribution in [-0.4, -0.2) is 62.4 Å². The van der Waals surface area contributed by atoms with E-state index in [0.717, 1.165) is 50.5 Å². The van der Waals surface area contributed by atoms with Gasteiger partial charge in [0.25, 0.3) is 0 Å². The van der Waals surface area contributed by atoms with Crippen LogP contribution in [0.4, 0.5) is 5.69 Å². The van der Waals surface area contributed by atoms with Gasteiger partial charge in [0.1, 0.15) is 11.5 Å². The fourth-order valence-electron chi connectivity index (χ4n) is 4.58. The number of morpholine rings is 1. The number of rotatable bonds is 7. The first-order chi connectivity index (χ1) is 14.9. The first-order valence-corrected chi connectivity index (χ1v) is 11.1. The van der Waals surface area contributed by atoms with Crippen molar-refractivity contribution in [1.82, 2.24) is 4.90 Å². The molecule has 1 saturated heterocycles.